The predicted octanol–water partition coefficient (Wildman–Crippen LogP) is 1.85. The van der Waals surface area contributed by atoms with Crippen LogP contribution in [0, 0.1) is 0 Å². The summed E-state index contributed by atoms with van der Waals surface area (Å²) in [5, 5.41) is 19.5. The van der Waals surface area contributed by atoms with Gasteiger partial charge >= 0.3 is 0 Å². The number of nitrogens with one attached hydrogen (secondary N) is 2. The summed E-state index contributed by atoms with van der Waals surface area (Å²) in [5.74, 6) is 0.871. The van der Waals surface area contributed by atoms with E-state index in [1.807, 2.05) is 12.1 Å². The van der Waals surface area contributed by atoms with E-state index in [2.05, 4.69) is 53.6 Å². The highest BCUT2D eigenvalue weighted by Gasteiger charge is 2.37. The number of nitrogens with zero attached hydrogens (tertiary/aromatic N) is 4. The van der Waals surface area contributed by atoms with Gasteiger partial charge in [-0.25, -0.2) is 0 Å². The first-order valence-corrected chi connectivity index (χ1v) is 7.06. The average Bonchev–Trinajstić information content (AvgIpc) is 2.71. The maximum Gasteiger partial charge on any atom is 0.177 e. The molecular formula is C14H22N6. The van der Waals surface area contributed by atoms with Gasteiger partial charge in [-0.05, 0) is 52.7 Å². The van der Waals surface area contributed by atoms with Crippen molar-refractivity contribution in [1.82, 2.24) is 25.1 Å². The second-order valence-corrected chi connectivity index (χ2v) is 6.99. The summed E-state index contributed by atoms with van der Waals surface area (Å²) < 4.78 is 1.69. The van der Waals surface area contributed by atoms with E-state index in [4.69, 9.17) is 0 Å². The van der Waals surface area contributed by atoms with Crippen LogP contribution < -0.4 is 10.6 Å². The smallest absolute Gasteiger partial charge is 0.177 e. The fourth-order valence-electron chi connectivity index (χ4n) is 3.44. The van der Waals surface area contributed by atoms with Crippen molar-refractivity contribution in [3.8, 4) is 0 Å². The lowest BCUT2D eigenvalue weighted by atomic mass is 9.79. The molecule has 0 bridgehead atoms. The van der Waals surface area contributed by atoms with E-state index in [9.17, 15) is 0 Å². The van der Waals surface area contributed by atoms with E-state index in [1.54, 1.807) is 10.8 Å². The lowest BCUT2D eigenvalue weighted by molar-refractivity contribution is 0.170. The fraction of sp³-hybridized carbons (Fsp3) is 0.643. The molecule has 20 heavy (non-hydrogen) atoms. The van der Waals surface area contributed by atoms with Crippen molar-refractivity contribution in [2.24, 2.45) is 0 Å². The molecule has 3 heterocycles. The van der Waals surface area contributed by atoms with Gasteiger partial charge in [0.15, 0.2) is 5.65 Å². The monoisotopic (exact) mass is 274 g/mol. The molecule has 0 atom stereocenters. The van der Waals surface area contributed by atoms with Gasteiger partial charge in [-0.15, -0.1) is 15.3 Å². The summed E-state index contributed by atoms with van der Waals surface area (Å²) in [6.07, 6.45) is 3.76. The molecule has 0 saturated carbocycles. The Morgan fingerprint density at radius 3 is 2.60 bits per heavy atom. The minimum absolute atomic E-state index is 0.125. The third-order valence-electron chi connectivity index (χ3n) is 3.70. The van der Waals surface area contributed by atoms with Crippen LogP contribution in [0.25, 0.3) is 5.65 Å². The van der Waals surface area contributed by atoms with Crippen molar-refractivity contribution >= 4 is 11.5 Å². The van der Waals surface area contributed by atoms with E-state index < -0.39 is 0 Å². The van der Waals surface area contributed by atoms with Crippen LogP contribution in [0.1, 0.15) is 40.5 Å². The normalized spacial score (nSPS) is 22.0. The van der Waals surface area contributed by atoms with Crippen LogP contribution in [-0.4, -0.2) is 36.9 Å². The lowest BCUT2D eigenvalue weighted by Crippen LogP contribution is -2.60. The van der Waals surface area contributed by atoms with E-state index in [1.165, 1.54) is 0 Å². The summed E-state index contributed by atoms with van der Waals surface area (Å²) in [6.45, 7) is 9.00. The van der Waals surface area contributed by atoms with Crippen LogP contribution in [0.4, 0.5) is 5.82 Å². The third kappa shape index (κ3) is 2.75. The Morgan fingerprint density at radius 2 is 1.90 bits per heavy atom. The topological polar surface area (TPSA) is 67.1 Å². The number of aromatic nitrogens is 4. The molecule has 0 spiro atoms. The van der Waals surface area contributed by atoms with Gasteiger partial charge in [-0.3, -0.25) is 0 Å². The molecule has 0 unspecified atom stereocenters. The van der Waals surface area contributed by atoms with E-state index >= 15 is 0 Å². The van der Waals surface area contributed by atoms with Crippen LogP contribution in [0.3, 0.4) is 0 Å². The molecule has 6 nitrogen and oxygen atoms in total. The molecule has 0 radical (unpaired) electrons. The SMILES string of the molecule is CC1(C)CC(Nc2ccc3nncn3n2)CC(C)(C)N1. The number of piperidine rings is 1. The first kappa shape index (κ1) is 13.3. The maximum atomic E-state index is 4.48. The number of fused-ring (bicyclic) bond motifs is 1. The van der Waals surface area contributed by atoms with Crippen LogP contribution in [-0.2, 0) is 0 Å². The van der Waals surface area contributed by atoms with Crippen LogP contribution >= 0.6 is 0 Å². The Labute approximate surface area is 119 Å². The molecule has 2 aromatic heterocycles. The Morgan fingerprint density at radius 1 is 1.20 bits per heavy atom. The molecule has 1 aliphatic rings. The van der Waals surface area contributed by atoms with Crippen molar-refractivity contribution in [1.29, 1.82) is 0 Å². The van der Waals surface area contributed by atoms with Crippen molar-refractivity contribution in [2.75, 3.05) is 5.32 Å². The van der Waals surface area contributed by atoms with E-state index in [0.717, 1.165) is 24.3 Å². The Hall–Kier alpha value is -1.69. The molecule has 1 aliphatic heterocycles. The third-order valence-corrected chi connectivity index (χ3v) is 3.70. The highest BCUT2D eigenvalue weighted by atomic mass is 15.4. The Bertz CT molecular complexity index is 599. The van der Waals surface area contributed by atoms with Gasteiger partial charge in [0, 0.05) is 17.1 Å². The first-order valence-electron chi connectivity index (χ1n) is 7.06. The molecule has 0 aromatic carbocycles. The zero-order valence-corrected chi connectivity index (χ0v) is 12.5. The summed E-state index contributed by atoms with van der Waals surface area (Å²) in [5.41, 5.74) is 1.02. The zero-order valence-electron chi connectivity index (χ0n) is 12.5. The molecule has 2 N–H and O–H groups in total. The van der Waals surface area contributed by atoms with Gasteiger partial charge in [-0.1, -0.05) is 0 Å². The molecule has 1 saturated heterocycles. The van der Waals surface area contributed by atoms with Crippen molar-refractivity contribution in [3.05, 3.63) is 18.5 Å². The molecule has 0 amide bonds. The molecule has 6 heteroatoms. The zero-order chi connectivity index (χ0) is 14.4. The van der Waals surface area contributed by atoms with Gasteiger partial charge in [0.05, 0.1) is 0 Å². The maximum absolute atomic E-state index is 4.48. The minimum Gasteiger partial charge on any atom is -0.366 e. The van der Waals surface area contributed by atoms with Gasteiger partial charge in [0.25, 0.3) is 0 Å². The molecule has 2 aromatic rings. The minimum atomic E-state index is 0.125. The number of hydrogen-bond acceptors (Lipinski definition) is 5. The van der Waals surface area contributed by atoms with E-state index in [-0.39, 0.29) is 11.1 Å². The summed E-state index contributed by atoms with van der Waals surface area (Å²) >= 11 is 0. The van der Waals surface area contributed by atoms with Gasteiger partial charge < -0.3 is 10.6 Å². The molecule has 1 fully saturated rings. The number of anilines is 1. The molecular weight excluding hydrogens is 252 g/mol. The highest BCUT2D eigenvalue weighted by Crippen LogP contribution is 2.30. The van der Waals surface area contributed by atoms with Crippen LogP contribution in [0.15, 0.2) is 18.5 Å². The first-order chi connectivity index (χ1) is 9.33. The van der Waals surface area contributed by atoms with Crippen LogP contribution in [0.5, 0.6) is 0 Å². The quantitative estimate of drug-likeness (QED) is 0.874. The van der Waals surface area contributed by atoms with Crippen molar-refractivity contribution in [3.63, 3.8) is 0 Å². The largest absolute Gasteiger partial charge is 0.366 e. The van der Waals surface area contributed by atoms with E-state index in [0.29, 0.717) is 6.04 Å². The van der Waals surface area contributed by atoms with Crippen molar-refractivity contribution < 1.29 is 0 Å². The number of rotatable bonds is 2. The summed E-state index contributed by atoms with van der Waals surface area (Å²) in [7, 11) is 0. The van der Waals surface area contributed by atoms with Gasteiger partial charge in [-0.2, -0.15) is 4.52 Å². The fourth-order valence-corrected chi connectivity index (χ4v) is 3.44. The van der Waals surface area contributed by atoms with Gasteiger partial charge in [0.1, 0.15) is 12.1 Å². The number of hydrogen-bond donors (Lipinski definition) is 2. The highest BCUT2D eigenvalue weighted by molar-refractivity contribution is 5.43. The summed E-state index contributed by atoms with van der Waals surface area (Å²) in [4.78, 5) is 0. The second-order valence-electron chi connectivity index (χ2n) is 6.99. The van der Waals surface area contributed by atoms with Crippen molar-refractivity contribution in [2.45, 2.75) is 57.7 Å². The van der Waals surface area contributed by atoms with Crippen LogP contribution in [0.2, 0.25) is 0 Å². The lowest BCUT2D eigenvalue weighted by Gasteiger charge is -2.46. The summed E-state index contributed by atoms with van der Waals surface area (Å²) in [6, 6.07) is 4.30. The standard InChI is InChI=1S/C14H22N6/c1-13(2)7-10(8-14(3,4)19-13)16-11-5-6-12-17-15-9-20(12)18-11/h5-6,9-10,19H,7-8H2,1-4H3,(H,16,18). The average molecular weight is 274 g/mol. The molecule has 108 valence electrons. The van der Waals surface area contributed by atoms with Gasteiger partial charge in [0.2, 0.25) is 0 Å². The Kier molecular flexibility index (Phi) is 2.93. The molecule has 3 rings (SSSR count). The molecule has 0 aliphatic carbocycles. The predicted molar refractivity (Wildman–Crippen MR) is 78.7 cm³/mol. The second kappa shape index (κ2) is 4.41. The Balaban J connectivity index is 1.79.